The Bertz CT molecular complexity index is 820. The van der Waals surface area contributed by atoms with E-state index in [1.54, 1.807) is 18.2 Å². The molecule has 2 aromatic rings. The molecule has 1 aromatic carbocycles. The number of hydrogen-bond acceptors (Lipinski definition) is 4. The van der Waals surface area contributed by atoms with Crippen LogP contribution in [0.3, 0.4) is 0 Å². The average Bonchev–Trinajstić information content (AvgIpc) is 2.94. The van der Waals surface area contributed by atoms with Crippen LogP contribution >= 0.6 is 0 Å². The van der Waals surface area contributed by atoms with E-state index in [1.165, 1.54) is 12.3 Å². The van der Waals surface area contributed by atoms with E-state index >= 15 is 0 Å². The van der Waals surface area contributed by atoms with E-state index in [-0.39, 0.29) is 10.5 Å². The van der Waals surface area contributed by atoms with Crippen LogP contribution < -0.4 is 0 Å². The second-order valence-electron chi connectivity index (χ2n) is 5.53. The number of nitrogens with zero attached hydrogens (tertiary/aromatic N) is 1. The summed E-state index contributed by atoms with van der Waals surface area (Å²) in [4.78, 5) is -0.0857. The second-order valence-corrected chi connectivity index (χ2v) is 7.43. The van der Waals surface area contributed by atoms with Gasteiger partial charge in [-0.25, -0.2) is 8.42 Å². The minimum atomic E-state index is -4.77. The molecule has 1 N–H and O–H groups in total. The molecular formula is C14H14F3NO4S. The van der Waals surface area contributed by atoms with Gasteiger partial charge in [0.05, 0.1) is 6.26 Å². The van der Waals surface area contributed by atoms with Crippen molar-refractivity contribution in [2.24, 2.45) is 0 Å². The summed E-state index contributed by atoms with van der Waals surface area (Å²) in [6.07, 6.45) is -4.81. The SMILES string of the molecule is O=S(=O)(c1cccc2ccoc12)N1CCC(O)(C(F)(F)F)CC1. The number of rotatable bonds is 2. The van der Waals surface area contributed by atoms with Crippen molar-refractivity contribution in [2.75, 3.05) is 13.1 Å². The highest BCUT2D eigenvalue weighted by Crippen LogP contribution is 2.39. The highest BCUT2D eigenvalue weighted by molar-refractivity contribution is 7.89. The number of alkyl halides is 3. The maximum absolute atomic E-state index is 12.8. The van der Waals surface area contributed by atoms with Crippen LogP contribution in [0.15, 0.2) is 39.8 Å². The zero-order chi connectivity index (χ0) is 16.9. The van der Waals surface area contributed by atoms with Gasteiger partial charge in [-0.15, -0.1) is 0 Å². The predicted molar refractivity (Wildman–Crippen MR) is 75.2 cm³/mol. The number of furan rings is 1. The first-order valence-electron chi connectivity index (χ1n) is 6.91. The summed E-state index contributed by atoms with van der Waals surface area (Å²) >= 11 is 0. The summed E-state index contributed by atoms with van der Waals surface area (Å²) in [5, 5.41) is 10.2. The summed E-state index contributed by atoms with van der Waals surface area (Å²) in [6, 6.07) is 6.18. The van der Waals surface area contributed by atoms with Crippen LogP contribution in [0.4, 0.5) is 13.2 Å². The van der Waals surface area contributed by atoms with Crippen LogP contribution in [0, 0.1) is 0 Å². The van der Waals surface area contributed by atoms with Crippen molar-refractivity contribution in [2.45, 2.75) is 29.5 Å². The Hall–Kier alpha value is -1.58. The molecule has 0 amide bonds. The monoisotopic (exact) mass is 349 g/mol. The minimum absolute atomic E-state index is 0.0857. The van der Waals surface area contributed by atoms with Gasteiger partial charge in [-0.05, 0) is 25.0 Å². The number of hydrogen-bond donors (Lipinski definition) is 1. The zero-order valence-electron chi connectivity index (χ0n) is 11.9. The van der Waals surface area contributed by atoms with Crippen molar-refractivity contribution in [1.29, 1.82) is 0 Å². The minimum Gasteiger partial charge on any atom is -0.463 e. The second kappa shape index (κ2) is 5.22. The van der Waals surface area contributed by atoms with Crippen molar-refractivity contribution in [3.8, 4) is 0 Å². The van der Waals surface area contributed by atoms with E-state index in [0.29, 0.717) is 5.39 Å². The molecule has 1 aliphatic heterocycles. The summed E-state index contributed by atoms with van der Waals surface area (Å²) in [6.45, 7) is -0.815. The average molecular weight is 349 g/mol. The van der Waals surface area contributed by atoms with Crippen LogP contribution in [0.1, 0.15) is 12.8 Å². The molecule has 0 saturated carbocycles. The molecule has 0 bridgehead atoms. The van der Waals surface area contributed by atoms with Crippen LogP contribution in [0.5, 0.6) is 0 Å². The summed E-state index contributed by atoms with van der Waals surface area (Å²) in [7, 11) is -3.99. The highest BCUT2D eigenvalue weighted by atomic mass is 32.2. The lowest BCUT2D eigenvalue weighted by Gasteiger charge is -2.38. The van der Waals surface area contributed by atoms with Crippen molar-refractivity contribution in [1.82, 2.24) is 4.31 Å². The van der Waals surface area contributed by atoms with Crippen molar-refractivity contribution < 1.29 is 31.1 Å². The Morgan fingerprint density at radius 1 is 1.17 bits per heavy atom. The topological polar surface area (TPSA) is 70.8 Å². The molecule has 1 aliphatic rings. The molecule has 2 heterocycles. The number of fused-ring (bicyclic) bond motifs is 1. The van der Waals surface area contributed by atoms with Gasteiger partial charge in [-0.3, -0.25) is 0 Å². The Balaban J connectivity index is 1.90. The quantitative estimate of drug-likeness (QED) is 0.904. The van der Waals surface area contributed by atoms with Gasteiger partial charge in [-0.2, -0.15) is 17.5 Å². The molecule has 23 heavy (non-hydrogen) atoms. The maximum atomic E-state index is 12.8. The first kappa shape index (κ1) is 16.3. The normalized spacial score (nSPS) is 20.0. The van der Waals surface area contributed by atoms with Crippen molar-refractivity contribution in [3.63, 3.8) is 0 Å². The largest absolute Gasteiger partial charge is 0.463 e. The third kappa shape index (κ3) is 2.62. The van der Waals surface area contributed by atoms with Crippen LogP contribution in [0.25, 0.3) is 11.0 Å². The van der Waals surface area contributed by atoms with Crippen LogP contribution in [0.2, 0.25) is 0 Å². The summed E-state index contributed by atoms with van der Waals surface area (Å²) in [5.74, 6) is 0. The molecule has 1 aromatic heterocycles. The smallest absolute Gasteiger partial charge is 0.417 e. The first-order chi connectivity index (χ1) is 10.7. The molecule has 0 spiro atoms. The molecule has 126 valence electrons. The molecule has 5 nitrogen and oxygen atoms in total. The number of aliphatic hydroxyl groups is 1. The van der Waals surface area contributed by atoms with Crippen molar-refractivity contribution >= 4 is 21.0 Å². The first-order valence-corrected chi connectivity index (χ1v) is 8.35. The number of para-hydroxylation sites is 1. The van der Waals surface area contributed by atoms with E-state index in [1.807, 2.05) is 0 Å². The van der Waals surface area contributed by atoms with Gasteiger partial charge in [0.1, 0.15) is 4.90 Å². The number of sulfonamides is 1. The third-order valence-electron chi connectivity index (χ3n) is 4.14. The number of piperidine rings is 1. The summed E-state index contributed by atoms with van der Waals surface area (Å²) < 4.78 is 69.9. The van der Waals surface area contributed by atoms with Gasteiger partial charge >= 0.3 is 6.18 Å². The molecular weight excluding hydrogens is 335 g/mol. The van der Waals surface area contributed by atoms with Gasteiger partial charge in [-0.1, -0.05) is 12.1 Å². The van der Waals surface area contributed by atoms with Crippen molar-refractivity contribution in [3.05, 3.63) is 30.5 Å². The Kier molecular flexibility index (Phi) is 3.69. The molecule has 0 unspecified atom stereocenters. The third-order valence-corrected chi connectivity index (χ3v) is 6.06. The fourth-order valence-electron chi connectivity index (χ4n) is 2.69. The zero-order valence-corrected chi connectivity index (χ0v) is 12.7. The van der Waals surface area contributed by atoms with E-state index in [4.69, 9.17) is 4.42 Å². The van der Waals surface area contributed by atoms with Gasteiger partial charge in [0, 0.05) is 18.5 Å². The lowest BCUT2D eigenvalue weighted by atomic mass is 9.92. The predicted octanol–water partition coefficient (Wildman–Crippen LogP) is 2.51. The molecule has 3 rings (SSSR count). The maximum Gasteiger partial charge on any atom is 0.417 e. The molecule has 1 fully saturated rings. The fourth-order valence-corrected chi connectivity index (χ4v) is 4.28. The van der Waals surface area contributed by atoms with Gasteiger partial charge in [0.15, 0.2) is 11.2 Å². The fraction of sp³-hybridized carbons (Fsp3) is 0.429. The van der Waals surface area contributed by atoms with Crippen LogP contribution in [-0.4, -0.2) is 42.7 Å². The Labute approximate surface area is 130 Å². The Morgan fingerprint density at radius 3 is 2.43 bits per heavy atom. The molecule has 0 radical (unpaired) electrons. The molecule has 9 heteroatoms. The van der Waals surface area contributed by atoms with Gasteiger partial charge < -0.3 is 9.52 Å². The van der Waals surface area contributed by atoms with Gasteiger partial charge in [0.25, 0.3) is 0 Å². The van der Waals surface area contributed by atoms with E-state index in [0.717, 1.165) is 4.31 Å². The standard InChI is InChI=1S/C14H14F3NO4S/c15-14(16,17)13(19)5-7-18(8-6-13)23(20,21)11-3-1-2-10-4-9-22-12(10)11/h1-4,9,19H,5-8H2. The Morgan fingerprint density at radius 2 is 1.83 bits per heavy atom. The van der Waals surface area contributed by atoms with E-state index in [9.17, 15) is 26.7 Å². The summed E-state index contributed by atoms with van der Waals surface area (Å²) in [5.41, 5.74) is -2.67. The van der Waals surface area contributed by atoms with E-state index < -0.39 is 47.7 Å². The lowest BCUT2D eigenvalue weighted by Crippen LogP contribution is -2.54. The number of benzene rings is 1. The molecule has 1 saturated heterocycles. The lowest BCUT2D eigenvalue weighted by molar-refractivity contribution is -0.270. The van der Waals surface area contributed by atoms with Gasteiger partial charge in [0.2, 0.25) is 10.0 Å². The number of halogens is 3. The molecule has 0 aliphatic carbocycles. The van der Waals surface area contributed by atoms with E-state index in [2.05, 4.69) is 0 Å². The van der Waals surface area contributed by atoms with Crippen LogP contribution in [-0.2, 0) is 10.0 Å². The highest BCUT2D eigenvalue weighted by Gasteiger charge is 2.55. The molecule has 0 atom stereocenters.